The van der Waals surface area contributed by atoms with Crippen LogP contribution >= 0.6 is 0 Å². The van der Waals surface area contributed by atoms with E-state index in [9.17, 15) is 24.0 Å². The molecule has 1 unspecified atom stereocenters. The number of amides is 3. The molecule has 40 heavy (non-hydrogen) atoms. The monoisotopic (exact) mass is 553 g/mol. The van der Waals surface area contributed by atoms with Crippen LogP contribution in [-0.2, 0) is 25.7 Å². The van der Waals surface area contributed by atoms with Crippen LogP contribution in [0, 0.1) is 12.8 Å². The summed E-state index contributed by atoms with van der Waals surface area (Å²) in [6.45, 7) is 1.86. The first-order chi connectivity index (χ1) is 19.3. The maximum absolute atomic E-state index is 13.0. The Morgan fingerprint density at radius 2 is 1.98 bits per heavy atom. The summed E-state index contributed by atoms with van der Waals surface area (Å²) in [5, 5.41) is 11.7. The highest BCUT2D eigenvalue weighted by atomic mass is 16.5. The fraction of sp³-hybridized carbons (Fsp3) is 0.500. The lowest BCUT2D eigenvalue weighted by Crippen LogP contribution is -2.40. The van der Waals surface area contributed by atoms with Crippen molar-refractivity contribution in [3.63, 3.8) is 0 Å². The number of carbonyl (C=O) groups excluding carboxylic acids is 4. The molecule has 0 aromatic carbocycles. The van der Waals surface area contributed by atoms with E-state index in [-0.39, 0.29) is 35.9 Å². The zero-order valence-corrected chi connectivity index (χ0v) is 22.5. The molecule has 4 rings (SSSR count). The Morgan fingerprint density at radius 1 is 1.20 bits per heavy atom. The molecule has 3 amide bonds. The molecule has 0 radical (unpaired) electrons. The average Bonchev–Trinajstić information content (AvgIpc) is 3.45. The number of hydrogen-bond donors (Lipinski definition) is 3. The maximum atomic E-state index is 13.0. The van der Waals surface area contributed by atoms with E-state index in [1.165, 1.54) is 30.5 Å². The molecule has 3 heterocycles. The Balaban J connectivity index is 1.40. The van der Waals surface area contributed by atoms with Crippen LogP contribution < -0.4 is 21.5 Å². The van der Waals surface area contributed by atoms with Crippen molar-refractivity contribution in [3.05, 3.63) is 58.4 Å². The van der Waals surface area contributed by atoms with Gasteiger partial charge in [0, 0.05) is 36.8 Å². The van der Waals surface area contributed by atoms with E-state index >= 15 is 0 Å². The Labute approximate surface area is 231 Å². The van der Waals surface area contributed by atoms with Gasteiger partial charge in [-0.2, -0.15) is 0 Å². The van der Waals surface area contributed by atoms with E-state index in [2.05, 4.69) is 21.1 Å². The van der Waals surface area contributed by atoms with Gasteiger partial charge in [-0.1, -0.05) is 24.1 Å². The number of pyridine rings is 1. The smallest absolute Gasteiger partial charge is 0.330 e. The number of aryl methyl sites for hydroxylation is 1. The number of ether oxygens (including phenoxy) is 1. The number of nitrogens with zero attached hydrogens (tertiary/aromatic N) is 2. The van der Waals surface area contributed by atoms with Crippen molar-refractivity contribution in [1.82, 2.24) is 20.4 Å². The van der Waals surface area contributed by atoms with Gasteiger partial charge in [0.25, 0.3) is 11.5 Å². The molecule has 2 aromatic rings. The number of aromatic nitrogens is 2. The zero-order chi connectivity index (χ0) is 28.5. The summed E-state index contributed by atoms with van der Waals surface area (Å²) in [5.41, 5.74) is -0.588. The summed E-state index contributed by atoms with van der Waals surface area (Å²) in [6, 6.07) is 3.76. The first-order valence-corrected chi connectivity index (χ1v) is 13.7. The summed E-state index contributed by atoms with van der Waals surface area (Å²) < 4.78 is 11.6. The fourth-order valence-corrected chi connectivity index (χ4v) is 4.94. The Hall–Kier alpha value is -4.22. The predicted octanol–water partition coefficient (Wildman–Crippen LogP) is 2.23. The molecule has 0 spiro atoms. The number of rotatable bonds is 10. The van der Waals surface area contributed by atoms with Gasteiger partial charge in [0.2, 0.25) is 11.8 Å². The van der Waals surface area contributed by atoms with Crippen LogP contribution in [0.15, 0.2) is 45.9 Å². The molecule has 1 aliphatic carbocycles. The number of esters is 1. The molecule has 1 aliphatic heterocycles. The van der Waals surface area contributed by atoms with Crippen LogP contribution in [0.3, 0.4) is 0 Å². The molecule has 12 heteroatoms. The van der Waals surface area contributed by atoms with Gasteiger partial charge in [0.1, 0.15) is 24.1 Å². The highest BCUT2D eigenvalue weighted by Crippen LogP contribution is 2.20. The van der Waals surface area contributed by atoms with E-state index in [0.717, 1.165) is 43.1 Å². The normalized spacial score (nSPS) is 18.6. The molecule has 2 aromatic heterocycles. The van der Waals surface area contributed by atoms with Crippen LogP contribution in [0.4, 0.5) is 5.69 Å². The van der Waals surface area contributed by atoms with Crippen molar-refractivity contribution < 1.29 is 28.4 Å². The minimum absolute atomic E-state index is 0.0215. The molecule has 214 valence electrons. The Morgan fingerprint density at radius 3 is 2.65 bits per heavy atom. The van der Waals surface area contributed by atoms with Gasteiger partial charge in [-0.25, -0.2) is 4.79 Å². The maximum Gasteiger partial charge on any atom is 0.330 e. The van der Waals surface area contributed by atoms with Gasteiger partial charge in [0.05, 0.1) is 0 Å². The van der Waals surface area contributed by atoms with Gasteiger partial charge in [-0.3, -0.25) is 19.2 Å². The molecule has 3 N–H and O–H groups in total. The lowest BCUT2D eigenvalue weighted by Gasteiger charge is -2.19. The fourth-order valence-electron chi connectivity index (χ4n) is 4.94. The van der Waals surface area contributed by atoms with Crippen molar-refractivity contribution in [1.29, 1.82) is 0 Å². The standard InChI is InChI=1S/C28H35N5O7/c1-18-15-23(32-40-18)27(37)31-22-9-6-14-33(28(22)38)17-24(34)30-20(16-19-12-13-29-26(19)36)10-11-25(35)39-21-7-4-2-3-5-8-21/h6,9-11,14-15,19-21H,2-5,7-8,12-13,16-17H2,1H3,(H,29,36)(H,30,34)(H,31,37)/b11-10+/t19?,20-/m1/s1. The molecular weight excluding hydrogens is 518 g/mol. The summed E-state index contributed by atoms with van der Waals surface area (Å²) in [4.78, 5) is 62.9. The van der Waals surface area contributed by atoms with Crippen LogP contribution in [0.5, 0.6) is 0 Å². The van der Waals surface area contributed by atoms with Gasteiger partial charge in [-0.05, 0) is 57.6 Å². The lowest BCUT2D eigenvalue weighted by molar-refractivity contribution is -0.143. The topological polar surface area (TPSA) is 162 Å². The molecule has 2 fully saturated rings. The van der Waals surface area contributed by atoms with E-state index in [1.54, 1.807) is 13.0 Å². The number of carbonyl (C=O) groups is 4. The van der Waals surface area contributed by atoms with E-state index in [1.807, 2.05) is 0 Å². The highest BCUT2D eigenvalue weighted by molar-refractivity contribution is 6.02. The second-order valence-electron chi connectivity index (χ2n) is 10.2. The number of hydrogen-bond acceptors (Lipinski definition) is 8. The van der Waals surface area contributed by atoms with Crippen molar-refractivity contribution in [3.8, 4) is 0 Å². The molecule has 1 saturated carbocycles. The summed E-state index contributed by atoms with van der Waals surface area (Å²) >= 11 is 0. The zero-order valence-electron chi connectivity index (χ0n) is 22.5. The third-order valence-electron chi connectivity index (χ3n) is 7.04. The van der Waals surface area contributed by atoms with Gasteiger partial charge < -0.3 is 29.8 Å². The minimum atomic E-state index is -0.628. The van der Waals surface area contributed by atoms with Crippen molar-refractivity contribution >= 4 is 29.4 Å². The molecule has 0 bridgehead atoms. The molecule has 2 atom stereocenters. The van der Waals surface area contributed by atoms with E-state index < -0.39 is 29.4 Å². The molecular formula is C28H35N5O7. The third-order valence-corrected chi connectivity index (χ3v) is 7.04. The van der Waals surface area contributed by atoms with Crippen LogP contribution in [0.2, 0.25) is 0 Å². The molecule has 1 saturated heterocycles. The molecule has 12 nitrogen and oxygen atoms in total. The summed E-state index contributed by atoms with van der Waals surface area (Å²) in [7, 11) is 0. The predicted molar refractivity (Wildman–Crippen MR) is 144 cm³/mol. The van der Waals surface area contributed by atoms with Gasteiger partial charge >= 0.3 is 5.97 Å². The first kappa shape index (κ1) is 28.8. The van der Waals surface area contributed by atoms with Crippen LogP contribution in [0.1, 0.15) is 67.6 Å². The van der Waals surface area contributed by atoms with Crippen molar-refractivity contribution in [2.45, 2.75) is 77.0 Å². The van der Waals surface area contributed by atoms with Crippen molar-refractivity contribution in [2.75, 3.05) is 11.9 Å². The molecule has 2 aliphatic rings. The average molecular weight is 554 g/mol. The second kappa shape index (κ2) is 13.7. The Kier molecular flexibility index (Phi) is 9.87. The van der Waals surface area contributed by atoms with Crippen LogP contribution in [0.25, 0.3) is 0 Å². The first-order valence-electron chi connectivity index (χ1n) is 13.7. The van der Waals surface area contributed by atoms with E-state index in [0.29, 0.717) is 25.1 Å². The minimum Gasteiger partial charge on any atom is -0.459 e. The lowest BCUT2D eigenvalue weighted by atomic mass is 9.98. The second-order valence-corrected chi connectivity index (χ2v) is 10.2. The SMILES string of the molecule is Cc1cc(C(=O)Nc2cccn(CC(=O)N[C@H](/C=C/C(=O)OC3CCCCCC3)CC3CCNC3=O)c2=O)no1. The number of nitrogens with one attached hydrogen (secondary N) is 3. The summed E-state index contributed by atoms with van der Waals surface area (Å²) in [6.07, 6.45) is 11.1. The quantitative estimate of drug-likeness (QED) is 0.229. The third kappa shape index (κ3) is 8.14. The van der Waals surface area contributed by atoms with Gasteiger partial charge in [-0.15, -0.1) is 0 Å². The largest absolute Gasteiger partial charge is 0.459 e. The van der Waals surface area contributed by atoms with Crippen LogP contribution in [-0.4, -0.2) is 52.1 Å². The van der Waals surface area contributed by atoms with E-state index in [4.69, 9.17) is 9.26 Å². The Bertz CT molecular complexity index is 1310. The van der Waals surface area contributed by atoms with Gasteiger partial charge in [0.15, 0.2) is 5.69 Å². The number of anilines is 1. The summed E-state index contributed by atoms with van der Waals surface area (Å²) in [5.74, 6) is -1.56. The van der Waals surface area contributed by atoms with Crippen molar-refractivity contribution in [2.24, 2.45) is 5.92 Å². The highest BCUT2D eigenvalue weighted by Gasteiger charge is 2.27.